The van der Waals surface area contributed by atoms with E-state index in [1.165, 1.54) is 12.1 Å². The van der Waals surface area contributed by atoms with Crippen molar-refractivity contribution in [3.05, 3.63) is 65.6 Å². The Morgan fingerprint density at radius 1 is 1.24 bits per heavy atom. The fourth-order valence-electron chi connectivity index (χ4n) is 2.38. The topological polar surface area (TPSA) is 42.1 Å². The summed E-state index contributed by atoms with van der Waals surface area (Å²) in [7, 11) is 1.59. The summed E-state index contributed by atoms with van der Waals surface area (Å²) in [5.74, 6) is 0.308. The van der Waals surface area contributed by atoms with E-state index in [1.807, 2.05) is 18.2 Å². The molecule has 2 aromatic carbocycles. The predicted molar refractivity (Wildman–Crippen MR) is 79.3 cm³/mol. The van der Waals surface area contributed by atoms with Gasteiger partial charge in [-0.15, -0.1) is 0 Å². The van der Waals surface area contributed by atoms with Gasteiger partial charge in [-0.2, -0.15) is 0 Å². The Morgan fingerprint density at radius 3 is 2.86 bits per heavy atom. The number of ketones is 1. The van der Waals surface area contributed by atoms with Gasteiger partial charge in [0, 0.05) is 29.1 Å². The summed E-state index contributed by atoms with van der Waals surface area (Å²) >= 11 is 0. The molecule has 0 aliphatic rings. The Bertz CT molecular complexity index is 807. The third-order valence-corrected chi connectivity index (χ3v) is 3.44. The van der Waals surface area contributed by atoms with Gasteiger partial charge < -0.3 is 9.72 Å². The van der Waals surface area contributed by atoms with Crippen LogP contribution in [-0.2, 0) is 6.42 Å². The van der Waals surface area contributed by atoms with Gasteiger partial charge in [0.15, 0.2) is 5.78 Å². The van der Waals surface area contributed by atoms with Crippen molar-refractivity contribution in [2.24, 2.45) is 0 Å². The lowest BCUT2D eigenvalue weighted by Crippen LogP contribution is -2.03. The molecular weight excluding hydrogens is 269 g/mol. The second-order valence-electron chi connectivity index (χ2n) is 4.84. The quantitative estimate of drug-likeness (QED) is 0.741. The molecule has 3 nitrogen and oxygen atoms in total. The lowest BCUT2D eigenvalue weighted by molar-refractivity contribution is 0.0994. The third-order valence-electron chi connectivity index (χ3n) is 3.44. The molecule has 1 aromatic heterocycles. The molecule has 0 amide bonds. The van der Waals surface area contributed by atoms with Crippen molar-refractivity contribution in [3.8, 4) is 5.75 Å². The lowest BCUT2D eigenvalue weighted by Gasteiger charge is -2.02. The Balaban J connectivity index is 1.94. The first-order valence-electron chi connectivity index (χ1n) is 6.60. The van der Waals surface area contributed by atoms with Gasteiger partial charge in [-0.05, 0) is 35.9 Å². The molecule has 0 spiro atoms. The van der Waals surface area contributed by atoms with Crippen LogP contribution in [0.4, 0.5) is 4.39 Å². The van der Waals surface area contributed by atoms with E-state index in [-0.39, 0.29) is 18.0 Å². The number of rotatable bonds is 4. The van der Waals surface area contributed by atoms with Crippen molar-refractivity contribution in [3.63, 3.8) is 0 Å². The Hall–Kier alpha value is -2.62. The van der Waals surface area contributed by atoms with Gasteiger partial charge in [0.2, 0.25) is 0 Å². The summed E-state index contributed by atoms with van der Waals surface area (Å²) in [6, 6.07) is 11.6. The van der Waals surface area contributed by atoms with E-state index in [0.29, 0.717) is 16.9 Å². The van der Waals surface area contributed by atoms with Crippen LogP contribution in [0.1, 0.15) is 15.9 Å². The van der Waals surface area contributed by atoms with Crippen LogP contribution in [0.2, 0.25) is 0 Å². The summed E-state index contributed by atoms with van der Waals surface area (Å²) in [6.45, 7) is 0. The van der Waals surface area contributed by atoms with E-state index < -0.39 is 0 Å². The van der Waals surface area contributed by atoms with Crippen molar-refractivity contribution in [2.45, 2.75) is 6.42 Å². The molecule has 0 aliphatic heterocycles. The summed E-state index contributed by atoms with van der Waals surface area (Å²) in [6.07, 6.45) is 1.85. The zero-order chi connectivity index (χ0) is 14.8. The minimum absolute atomic E-state index is 0.0555. The number of methoxy groups -OCH3 is 1. The normalized spacial score (nSPS) is 10.8. The minimum atomic E-state index is -0.333. The highest BCUT2D eigenvalue weighted by Gasteiger charge is 2.13. The molecule has 0 bridgehead atoms. The second-order valence-corrected chi connectivity index (χ2v) is 4.84. The van der Waals surface area contributed by atoms with Gasteiger partial charge in [-0.25, -0.2) is 4.39 Å². The first-order chi connectivity index (χ1) is 10.2. The lowest BCUT2D eigenvalue weighted by atomic mass is 10.0. The summed E-state index contributed by atoms with van der Waals surface area (Å²) in [4.78, 5) is 15.5. The van der Waals surface area contributed by atoms with Gasteiger partial charge in [0.25, 0.3) is 0 Å². The van der Waals surface area contributed by atoms with Crippen LogP contribution < -0.4 is 4.74 Å². The van der Waals surface area contributed by atoms with E-state index in [2.05, 4.69) is 4.98 Å². The van der Waals surface area contributed by atoms with Crippen molar-refractivity contribution in [2.75, 3.05) is 7.11 Å². The number of hydrogen-bond acceptors (Lipinski definition) is 2. The maximum atomic E-state index is 13.2. The fraction of sp³-hybridized carbons (Fsp3) is 0.118. The highest BCUT2D eigenvalue weighted by atomic mass is 19.1. The highest BCUT2D eigenvalue weighted by molar-refractivity contribution is 6.08. The van der Waals surface area contributed by atoms with E-state index >= 15 is 0 Å². The van der Waals surface area contributed by atoms with Crippen LogP contribution in [0, 0.1) is 5.82 Å². The molecule has 0 unspecified atom stereocenters. The van der Waals surface area contributed by atoms with Crippen LogP contribution in [0.3, 0.4) is 0 Å². The molecule has 106 valence electrons. The zero-order valence-corrected chi connectivity index (χ0v) is 11.5. The summed E-state index contributed by atoms with van der Waals surface area (Å²) in [5, 5.41) is 0.816. The third kappa shape index (κ3) is 2.65. The van der Waals surface area contributed by atoms with Crippen LogP contribution in [0.5, 0.6) is 5.75 Å². The van der Waals surface area contributed by atoms with Gasteiger partial charge in [0.1, 0.15) is 11.6 Å². The number of carbonyl (C=O) groups excluding carboxylic acids is 1. The maximum absolute atomic E-state index is 13.2. The van der Waals surface area contributed by atoms with Crippen LogP contribution in [-0.4, -0.2) is 17.9 Å². The number of fused-ring (bicyclic) bond motifs is 1. The average molecular weight is 283 g/mol. The van der Waals surface area contributed by atoms with E-state index in [9.17, 15) is 9.18 Å². The predicted octanol–water partition coefficient (Wildman–Crippen LogP) is 3.74. The first kappa shape index (κ1) is 13.4. The first-order valence-corrected chi connectivity index (χ1v) is 6.60. The van der Waals surface area contributed by atoms with Crippen molar-refractivity contribution in [1.29, 1.82) is 0 Å². The Labute approximate surface area is 121 Å². The van der Waals surface area contributed by atoms with Gasteiger partial charge in [0.05, 0.1) is 7.11 Å². The minimum Gasteiger partial charge on any atom is -0.497 e. The van der Waals surface area contributed by atoms with E-state index in [4.69, 9.17) is 4.74 Å². The molecule has 1 N–H and O–H groups in total. The number of aromatic amines is 1. The molecule has 0 aliphatic carbocycles. The van der Waals surface area contributed by atoms with Gasteiger partial charge in [-0.3, -0.25) is 4.79 Å². The molecular formula is C17H14FNO2. The molecule has 0 fully saturated rings. The number of hydrogen-bond donors (Lipinski definition) is 1. The average Bonchev–Trinajstić information content (AvgIpc) is 2.90. The van der Waals surface area contributed by atoms with Gasteiger partial charge >= 0.3 is 0 Å². The molecule has 0 atom stereocenters. The summed E-state index contributed by atoms with van der Waals surface area (Å²) in [5.41, 5.74) is 2.13. The molecule has 3 aromatic rings. The number of Topliss-reactive ketones (excluding diaryl/α,β-unsaturated/α-hetero) is 1. The molecule has 1 heterocycles. The van der Waals surface area contributed by atoms with Crippen LogP contribution >= 0.6 is 0 Å². The van der Waals surface area contributed by atoms with Crippen molar-refractivity contribution >= 4 is 16.7 Å². The molecule has 0 radical (unpaired) electrons. The van der Waals surface area contributed by atoms with Crippen molar-refractivity contribution in [1.82, 2.24) is 4.98 Å². The number of nitrogens with one attached hydrogen (secondary N) is 1. The number of H-pyrrole nitrogens is 1. The second kappa shape index (κ2) is 5.40. The molecule has 21 heavy (non-hydrogen) atoms. The smallest absolute Gasteiger partial charge is 0.169 e. The monoisotopic (exact) mass is 283 g/mol. The van der Waals surface area contributed by atoms with E-state index in [1.54, 1.807) is 25.4 Å². The van der Waals surface area contributed by atoms with Crippen LogP contribution in [0.25, 0.3) is 10.9 Å². The molecule has 4 heteroatoms. The number of halogens is 1. The van der Waals surface area contributed by atoms with Crippen molar-refractivity contribution < 1.29 is 13.9 Å². The molecule has 0 saturated carbocycles. The van der Waals surface area contributed by atoms with E-state index in [0.717, 1.165) is 10.9 Å². The standard InChI is InChI=1S/C17H14FNO2/c1-21-13-5-6-16-14(9-13)15(10-19-16)17(20)8-11-3-2-4-12(18)7-11/h2-7,9-10,19H,8H2,1H3. The number of aromatic nitrogens is 1. The van der Waals surface area contributed by atoms with Gasteiger partial charge in [-0.1, -0.05) is 12.1 Å². The fourth-order valence-corrected chi connectivity index (χ4v) is 2.38. The number of benzene rings is 2. The largest absolute Gasteiger partial charge is 0.497 e. The Morgan fingerprint density at radius 2 is 2.10 bits per heavy atom. The maximum Gasteiger partial charge on any atom is 0.169 e. The van der Waals surface area contributed by atoms with Crippen LogP contribution in [0.15, 0.2) is 48.7 Å². The molecule has 3 rings (SSSR count). The number of carbonyl (C=O) groups is 1. The number of ether oxygens (including phenoxy) is 1. The highest BCUT2D eigenvalue weighted by Crippen LogP contribution is 2.24. The molecule has 0 saturated heterocycles. The zero-order valence-electron chi connectivity index (χ0n) is 11.5. The Kier molecular flexibility index (Phi) is 3.44. The summed E-state index contributed by atoms with van der Waals surface area (Å²) < 4.78 is 18.4. The SMILES string of the molecule is COc1ccc2[nH]cc(C(=O)Cc3cccc(F)c3)c2c1.